The molecule has 3 rings (SSSR count). The molecule has 0 spiro atoms. The fraction of sp³-hybridized carbons (Fsp3) is 0.227. The first kappa shape index (κ1) is 19.7. The second kappa shape index (κ2) is 9.79. The summed E-state index contributed by atoms with van der Waals surface area (Å²) in [5, 5.41) is 9.79. The molecule has 0 fully saturated rings. The number of hydrogen-bond acceptors (Lipinski definition) is 6. The Kier molecular flexibility index (Phi) is 6.90. The number of aryl methyl sites for hydroxylation is 1. The fourth-order valence-electron chi connectivity index (χ4n) is 2.76. The number of nitrogens with zero attached hydrogens (tertiary/aromatic N) is 3. The molecule has 2 aromatic carbocycles. The first-order valence-corrected chi connectivity index (χ1v) is 9.85. The van der Waals surface area contributed by atoms with Gasteiger partial charge in [-0.2, -0.15) is 5.26 Å². The number of nitriles is 1. The van der Waals surface area contributed by atoms with Crippen LogP contribution in [-0.2, 0) is 11.3 Å². The van der Waals surface area contributed by atoms with Gasteiger partial charge in [-0.15, -0.1) is 11.3 Å². The third kappa shape index (κ3) is 5.03. The minimum Gasteiger partial charge on any atom is -0.377 e. The molecule has 142 valence electrons. The van der Waals surface area contributed by atoms with Crippen molar-refractivity contribution in [1.29, 1.82) is 5.26 Å². The maximum Gasteiger partial charge on any atom is 0.190 e. The minimum atomic E-state index is 0.471. The zero-order chi connectivity index (χ0) is 19.8. The Balaban J connectivity index is 1.67. The number of aromatic nitrogens is 1. The third-order valence-corrected chi connectivity index (χ3v) is 5.26. The predicted octanol–water partition coefficient (Wildman–Crippen LogP) is 4.88. The number of ether oxygens (including phenoxy) is 1. The highest BCUT2D eigenvalue weighted by molar-refractivity contribution is 7.15. The van der Waals surface area contributed by atoms with Crippen molar-refractivity contribution in [3.05, 3.63) is 76.3 Å². The second-order valence-electron chi connectivity index (χ2n) is 6.26. The Morgan fingerprint density at radius 3 is 2.57 bits per heavy atom. The summed E-state index contributed by atoms with van der Waals surface area (Å²) in [5.41, 5.74) is 3.17. The van der Waals surface area contributed by atoms with E-state index in [0.717, 1.165) is 34.0 Å². The molecule has 3 aromatic rings. The highest BCUT2D eigenvalue weighted by Gasteiger charge is 2.16. The molecular weight excluding hydrogens is 370 g/mol. The molecule has 0 amide bonds. The number of carbonyl (C=O) groups is 1. The molecule has 0 atom stereocenters. The standard InChI is InChI=1S/C22H21N3O2S/c1-17-21(15-26)24-22(28-17)25(20-10-8-18(14-23)9-11-20)12-5-13-27-16-19-6-3-2-4-7-19/h2-4,6-11,15H,5,12-13,16H2,1H3. The summed E-state index contributed by atoms with van der Waals surface area (Å²) < 4.78 is 5.79. The number of aldehydes is 1. The van der Waals surface area contributed by atoms with Crippen molar-refractivity contribution in [3.8, 4) is 6.07 Å². The number of rotatable bonds is 9. The topological polar surface area (TPSA) is 66.2 Å². The average Bonchev–Trinajstić information content (AvgIpc) is 3.12. The summed E-state index contributed by atoms with van der Waals surface area (Å²) in [4.78, 5) is 18.6. The van der Waals surface area contributed by atoms with Gasteiger partial charge in [-0.05, 0) is 43.2 Å². The van der Waals surface area contributed by atoms with Crippen molar-refractivity contribution in [2.45, 2.75) is 20.0 Å². The number of carbonyl (C=O) groups excluding carboxylic acids is 1. The molecule has 0 saturated heterocycles. The van der Waals surface area contributed by atoms with Gasteiger partial charge < -0.3 is 9.64 Å². The fourth-order valence-corrected chi connectivity index (χ4v) is 3.68. The first-order valence-electron chi connectivity index (χ1n) is 9.03. The van der Waals surface area contributed by atoms with Crippen LogP contribution in [0.2, 0.25) is 0 Å². The molecule has 1 heterocycles. The van der Waals surface area contributed by atoms with Gasteiger partial charge in [0, 0.05) is 23.7 Å². The van der Waals surface area contributed by atoms with Gasteiger partial charge in [-0.1, -0.05) is 30.3 Å². The normalized spacial score (nSPS) is 10.4. The quantitative estimate of drug-likeness (QED) is 0.384. The van der Waals surface area contributed by atoms with Crippen LogP contribution in [0.4, 0.5) is 10.8 Å². The van der Waals surface area contributed by atoms with Crippen LogP contribution in [0.5, 0.6) is 0 Å². The summed E-state index contributed by atoms with van der Waals surface area (Å²) in [6, 6.07) is 19.6. The molecule has 0 radical (unpaired) electrons. The lowest BCUT2D eigenvalue weighted by Gasteiger charge is -2.22. The zero-order valence-corrected chi connectivity index (χ0v) is 16.5. The van der Waals surface area contributed by atoms with Gasteiger partial charge in [0.05, 0.1) is 18.2 Å². The summed E-state index contributed by atoms with van der Waals surface area (Å²) in [6.07, 6.45) is 1.59. The van der Waals surface area contributed by atoms with Gasteiger partial charge in [0.15, 0.2) is 11.4 Å². The van der Waals surface area contributed by atoms with Crippen LogP contribution in [0.25, 0.3) is 0 Å². The third-order valence-electron chi connectivity index (χ3n) is 4.25. The second-order valence-corrected chi connectivity index (χ2v) is 7.44. The van der Waals surface area contributed by atoms with Crippen LogP contribution in [0.15, 0.2) is 54.6 Å². The van der Waals surface area contributed by atoms with Crippen molar-refractivity contribution in [2.24, 2.45) is 0 Å². The Labute approximate surface area is 168 Å². The molecule has 0 unspecified atom stereocenters. The van der Waals surface area contributed by atoms with E-state index in [9.17, 15) is 4.79 Å². The van der Waals surface area contributed by atoms with Gasteiger partial charge in [0.1, 0.15) is 5.69 Å². The number of anilines is 2. The van der Waals surface area contributed by atoms with E-state index in [1.807, 2.05) is 49.4 Å². The van der Waals surface area contributed by atoms with Crippen LogP contribution in [0, 0.1) is 18.3 Å². The van der Waals surface area contributed by atoms with Gasteiger partial charge in [-0.3, -0.25) is 4.79 Å². The Hall–Kier alpha value is -3.01. The number of thiazole rings is 1. The van der Waals surface area contributed by atoms with Gasteiger partial charge in [0.25, 0.3) is 0 Å². The molecule has 5 nitrogen and oxygen atoms in total. The Morgan fingerprint density at radius 2 is 1.93 bits per heavy atom. The van der Waals surface area contributed by atoms with Crippen molar-refractivity contribution in [1.82, 2.24) is 4.98 Å². The van der Waals surface area contributed by atoms with E-state index in [-0.39, 0.29) is 0 Å². The van der Waals surface area contributed by atoms with Crippen molar-refractivity contribution in [3.63, 3.8) is 0 Å². The van der Waals surface area contributed by atoms with Crippen LogP contribution >= 0.6 is 11.3 Å². The minimum absolute atomic E-state index is 0.471. The highest BCUT2D eigenvalue weighted by Crippen LogP contribution is 2.31. The zero-order valence-electron chi connectivity index (χ0n) is 15.7. The lowest BCUT2D eigenvalue weighted by atomic mass is 10.2. The largest absolute Gasteiger partial charge is 0.377 e. The number of benzene rings is 2. The molecule has 0 aliphatic heterocycles. The van der Waals surface area contributed by atoms with Crippen LogP contribution in [-0.4, -0.2) is 24.4 Å². The molecule has 0 saturated carbocycles. The van der Waals surface area contributed by atoms with Crippen LogP contribution in [0.1, 0.15) is 32.9 Å². The summed E-state index contributed by atoms with van der Waals surface area (Å²) in [7, 11) is 0. The molecule has 0 N–H and O–H groups in total. The van der Waals surface area contributed by atoms with Gasteiger partial charge in [-0.25, -0.2) is 4.98 Å². The molecule has 0 aliphatic rings. The van der Waals surface area contributed by atoms with Gasteiger partial charge in [0.2, 0.25) is 0 Å². The van der Waals surface area contributed by atoms with E-state index in [2.05, 4.69) is 16.0 Å². The lowest BCUT2D eigenvalue weighted by molar-refractivity contribution is 0.111. The first-order chi connectivity index (χ1) is 13.7. The summed E-state index contributed by atoms with van der Waals surface area (Å²) in [6.45, 7) is 3.80. The van der Waals surface area contributed by atoms with E-state index < -0.39 is 0 Å². The average molecular weight is 391 g/mol. The summed E-state index contributed by atoms with van der Waals surface area (Å²) in [5.74, 6) is 0. The maximum atomic E-state index is 11.2. The maximum absolute atomic E-state index is 11.2. The monoisotopic (exact) mass is 391 g/mol. The summed E-state index contributed by atoms with van der Waals surface area (Å²) >= 11 is 1.49. The number of hydrogen-bond donors (Lipinski definition) is 0. The predicted molar refractivity (Wildman–Crippen MR) is 111 cm³/mol. The SMILES string of the molecule is Cc1sc(N(CCCOCc2ccccc2)c2ccc(C#N)cc2)nc1C=O. The van der Waals surface area contributed by atoms with E-state index >= 15 is 0 Å². The lowest BCUT2D eigenvalue weighted by Crippen LogP contribution is -2.19. The smallest absolute Gasteiger partial charge is 0.190 e. The van der Waals surface area contributed by atoms with Crippen molar-refractivity contribution < 1.29 is 9.53 Å². The molecule has 1 aromatic heterocycles. The molecule has 28 heavy (non-hydrogen) atoms. The van der Waals surface area contributed by atoms with Crippen LogP contribution in [0.3, 0.4) is 0 Å². The molecule has 0 bridgehead atoms. The van der Waals surface area contributed by atoms with E-state index in [1.165, 1.54) is 11.3 Å². The van der Waals surface area contributed by atoms with Crippen molar-refractivity contribution in [2.75, 3.05) is 18.1 Å². The van der Waals surface area contributed by atoms with E-state index in [4.69, 9.17) is 10.00 Å². The van der Waals surface area contributed by atoms with Crippen LogP contribution < -0.4 is 4.90 Å². The van der Waals surface area contributed by atoms with E-state index in [1.54, 1.807) is 12.1 Å². The molecular formula is C22H21N3O2S. The highest BCUT2D eigenvalue weighted by atomic mass is 32.1. The van der Waals surface area contributed by atoms with E-state index in [0.29, 0.717) is 31.0 Å². The van der Waals surface area contributed by atoms with Gasteiger partial charge >= 0.3 is 0 Å². The van der Waals surface area contributed by atoms with Crippen molar-refractivity contribution >= 4 is 28.4 Å². The molecule has 6 heteroatoms. The Morgan fingerprint density at radius 1 is 1.18 bits per heavy atom. The molecule has 0 aliphatic carbocycles. The Bertz CT molecular complexity index is 946.